The van der Waals surface area contributed by atoms with Crippen molar-refractivity contribution in [3.63, 3.8) is 0 Å². The van der Waals surface area contributed by atoms with Gasteiger partial charge in [0.25, 0.3) is 0 Å². The third kappa shape index (κ3) is 6.53. The van der Waals surface area contributed by atoms with Crippen LogP contribution in [0.3, 0.4) is 0 Å². The Hall–Kier alpha value is -4.11. The molecular formula is C34H38ClN5O4. The predicted molar refractivity (Wildman–Crippen MR) is 170 cm³/mol. The number of aryl methyl sites for hydroxylation is 1. The summed E-state index contributed by atoms with van der Waals surface area (Å²) in [7, 11) is 1.91. The molecule has 0 spiro atoms. The van der Waals surface area contributed by atoms with Gasteiger partial charge in [0.2, 0.25) is 0 Å². The normalized spacial score (nSPS) is 17.2. The monoisotopic (exact) mass is 615 g/mol. The van der Waals surface area contributed by atoms with Crippen molar-refractivity contribution in [2.75, 3.05) is 19.7 Å². The molecule has 1 N–H and O–H groups in total. The average Bonchev–Trinajstić information content (AvgIpc) is 3.74. The summed E-state index contributed by atoms with van der Waals surface area (Å²) in [5.74, 6) is 0.446. The lowest BCUT2D eigenvalue weighted by Crippen LogP contribution is -2.40. The van der Waals surface area contributed by atoms with E-state index in [-0.39, 0.29) is 6.09 Å². The fraction of sp³-hybridized carbons (Fsp3) is 0.412. The molecule has 3 aromatic rings. The molecule has 3 aliphatic rings. The van der Waals surface area contributed by atoms with Crippen LogP contribution in [-0.2, 0) is 16.5 Å². The number of likely N-dealkylation sites (tertiary alicyclic amines) is 1. The van der Waals surface area contributed by atoms with Crippen LogP contribution in [0.25, 0.3) is 17.2 Å². The standard InChI is InChI=1S/C34H38ClN5O4/c1-34(2,3)44-33(42)40-14-11-22(12-15-40)29-25-10-9-24(35)17-26(25)27(16-23-6-5-13-37-30(23)29)31(28-18-36-20-39(28)4)38-32(41)43-19-21-7-8-21/h5-6,9-10,13,16-18,20-21,31H,7-8,11-12,14-15,19H2,1-4H3,(H,38,41). The van der Waals surface area contributed by atoms with E-state index in [1.807, 2.05) is 62.7 Å². The van der Waals surface area contributed by atoms with Crippen LogP contribution in [0, 0.1) is 5.92 Å². The van der Waals surface area contributed by atoms with Gasteiger partial charge in [0.1, 0.15) is 11.6 Å². The van der Waals surface area contributed by atoms with E-state index >= 15 is 0 Å². The maximum absolute atomic E-state index is 13.1. The number of ether oxygens (including phenoxy) is 2. The Labute approximate surface area is 262 Å². The van der Waals surface area contributed by atoms with E-state index in [1.165, 1.54) is 5.57 Å². The fourth-order valence-electron chi connectivity index (χ4n) is 5.82. The number of fused-ring (bicyclic) bond motifs is 2. The number of halogens is 1. The Morgan fingerprint density at radius 3 is 2.59 bits per heavy atom. The topological polar surface area (TPSA) is 98.6 Å². The molecule has 44 heavy (non-hydrogen) atoms. The van der Waals surface area contributed by atoms with Gasteiger partial charge in [0.15, 0.2) is 0 Å². The van der Waals surface area contributed by atoms with Crippen LogP contribution in [-0.4, -0.2) is 56.9 Å². The Kier molecular flexibility index (Phi) is 8.24. The molecule has 1 aromatic carbocycles. The van der Waals surface area contributed by atoms with Crippen molar-refractivity contribution in [3.05, 3.63) is 87.7 Å². The third-order valence-electron chi connectivity index (χ3n) is 8.19. The fourth-order valence-corrected chi connectivity index (χ4v) is 5.99. The number of pyridine rings is 1. The van der Waals surface area contributed by atoms with E-state index in [9.17, 15) is 9.59 Å². The van der Waals surface area contributed by atoms with Crippen molar-refractivity contribution in [3.8, 4) is 0 Å². The molecule has 1 atom stereocenters. The lowest BCUT2D eigenvalue weighted by atomic mass is 9.86. The van der Waals surface area contributed by atoms with Gasteiger partial charge in [0, 0.05) is 42.5 Å². The van der Waals surface area contributed by atoms with Crippen LogP contribution in [0.4, 0.5) is 9.59 Å². The second kappa shape index (κ2) is 12.1. The first-order chi connectivity index (χ1) is 21.1. The molecule has 1 saturated heterocycles. The van der Waals surface area contributed by atoms with Gasteiger partial charge >= 0.3 is 12.2 Å². The molecule has 1 aliphatic heterocycles. The number of imidazole rings is 1. The first-order valence-electron chi connectivity index (χ1n) is 15.1. The highest BCUT2D eigenvalue weighted by molar-refractivity contribution is 6.31. The first kappa shape index (κ1) is 29.9. The second-order valence-corrected chi connectivity index (χ2v) is 13.2. The van der Waals surface area contributed by atoms with Gasteiger partial charge in [-0.2, -0.15) is 0 Å². The minimum absolute atomic E-state index is 0.296. The van der Waals surface area contributed by atoms with Gasteiger partial charge in [-0.25, -0.2) is 14.6 Å². The van der Waals surface area contributed by atoms with Crippen LogP contribution < -0.4 is 5.32 Å². The number of carbonyl (C=O) groups is 2. The summed E-state index contributed by atoms with van der Waals surface area (Å²) in [5.41, 5.74) is 6.98. The minimum atomic E-state index is -0.571. The Bertz CT molecular complexity index is 1640. The highest BCUT2D eigenvalue weighted by Gasteiger charge is 2.33. The van der Waals surface area contributed by atoms with Crippen molar-refractivity contribution in [2.24, 2.45) is 13.0 Å². The number of amides is 2. The Morgan fingerprint density at radius 1 is 1.14 bits per heavy atom. The summed E-state index contributed by atoms with van der Waals surface area (Å²) in [6, 6.07) is 9.25. The molecule has 2 aromatic heterocycles. The number of nitrogens with one attached hydrogen (secondary N) is 1. The number of hydrogen-bond donors (Lipinski definition) is 1. The molecule has 1 unspecified atom stereocenters. The predicted octanol–water partition coefficient (Wildman–Crippen LogP) is 7.03. The largest absolute Gasteiger partial charge is 0.449 e. The van der Waals surface area contributed by atoms with Crippen LogP contribution in [0.5, 0.6) is 0 Å². The minimum Gasteiger partial charge on any atom is -0.449 e. The summed E-state index contributed by atoms with van der Waals surface area (Å²) >= 11 is 6.66. The Morgan fingerprint density at radius 2 is 1.91 bits per heavy atom. The lowest BCUT2D eigenvalue weighted by Gasteiger charge is -2.32. The van der Waals surface area contributed by atoms with E-state index < -0.39 is 17.7 Å². The number of piperidine rings is 1. The summed E-state index contributed by atoms with van der Waals surface area (Å²) in [5, 5.41) is 3.72. The summed E-state index contributed by atoms with van der Waals surface area (Å²) in [6.45, 7) is 7.14. The number of hydrogen-bond acceptors (Lipinski definition) is 6. The highest BCUT2D eigenvalue weighted by atomic mass is 35.5. The zero-order valence-electron chi connectivity index (χ0n) is 25.6. The van der Waals surface area contributed by atoms with E-state index in [1.54, 1.807) is 23.6 Å². The molecule has 0 radical (unpaired) electrons. The van der Waals surface area contributed by atoms with E-state index in [4.69, 9.17) is 26.1 Å². The first-order valence-corrected chi connectivity index (χ1v) is 15.5. The number of benzene rings is 1. The van der Waals surface area contributed by atoms with E-state index in [0.29, 0.717) is 43.5 Å². The molecule has 6 rings (SSSR count). The van der Waals surface area contributed by atoms with Gasteiger partial charge in [0.05, 0.1) is 30.5 Å². The van der Waals surface area contributed by atoms with Crippen molar-refractivity contribution in [1.82, 2.24) is 24.8 Å². The molecule has 3 heterocycles. The van der Waals surface area contributed by atoms with E-state index in [2.05, 4.69) is 16.4 Å². The van der Waals surface area contributed by atoms with Crippen molar-refractivity contribution in [1.29, 1.82) is 0 Å². The molecule has 10 heteroatoms. The Balaban J connectivity index is 1.43. The van der Waals surface area contributed by atoms with Crippen LogP contribution in [0.15, 0.2) is 54.6 Å². The van der Waals surface area contributed by atoms with Crippen molar-refractivity contribution >= 4 is 41.0 Å². The molecular weight excluding hydrogens is 578 g/mol. The highest BCUT2D eigenvalue weighted by Crippen LogP contribution is 2.45. The summed E-state index contributed by atoms with van der Waals surface area (Å²) < 4.78 is 13.2. The van der Waals surface area contributed by atoms with Gasteiger partial charge in [-0.1, -0.05) is 29.3 Å². The van der Waals surface area contributed by atoms with Gasteiger partial charge in [-0.05, 0) is 93.3 Å². The number of rotatable bonds is 5. The lowest BCUT2D eigenvalue weighted by molar-refractivity contribution is 0.0236. The quantitative estimate of drug-likeness (QED) is 0.331. The van der Waals surface area contributed by atoms with Gasteiger partial charge in [-0.15, -0.1) is 0 Å². The smallest absolute Gasteiger partial charge is 0.410 e. The van der Waals surface area contributed by atoms with Gasteiger partial charge in [-0.3, -0.25) is 4.98 Å². The number of aromatic nitrogens is 3. The number of carbonyl (C=O) groups excluding carboxylic acids is 2. The van der Waals surface area contributed by atoms with Crippen molar-refractivity contribution in [2.45, 2.75) is 58.1 Å². The molecule has 230 valence electrons. The molecule has 2 fully saturated rings. The van der Waals surface area contributed by atoms with Crippen LogP contribution >= 0.6 is 11.6 Å². The maximum Gasteiger partial charge on any atom is 0.410 e. The zero-order chi connectivity index (χ0) is 31.0. The van der Waals surface area contributed by atoms with Gasteiger partial charge < -0.3 is 24.3 Å². The number of alkyl carbamates (subject to hydrolysis) is 1. The maximum atomic E-state index is 13.1. The molecule has 1 saturated carbocycles. The van der Waals surface area contributed by atoms with E-state index in [0.717, 1.165) is 52.1 Å². The van der Waals surface area contributed by atoms with Crippen LogP contribution in [0.1, 0.15) is 80.6 Å². The number of nitrogens with zero attached hydrogens (tertiary/aromatic N) is 4. The third-order valence-corrected chi connectivity index (χ3v) is 8.43. The SMILES string of the molecule is Cn1cncc1C(NC(=O)OCC1CC1)C1=Cc2cccnc2C(=C2CCN(C(=O)OC(C)(C)C)CC2)c2ccc(Cl)cc21. The average molecular weight is 616 g/mol. The molecule has 9 nitrogen and oxygen atoms in total. The molecule has 2 aliphatic carbocycles. The summed E-state index contributed by atoms with van der Waals surface area (Å²) in [6.07, 6.45) is 10.1. The second-order valence-electron chi connectivity index (χ2n) is 12.7. The summed E-state index contributed by atoms with van der Waals surface area (Å²) in [4.78, 5) is 37.0. The van der Waals surface area contributed by atoms with Crippen LogP contribution in [0.2, 0.25) is 5.02 Å². The van der Waals surface area contributed by atoms with Crippen molar-refractivity contribution < 1.29 is 19.1 Å². The zero-order valence-corrected chi connectivity index (χ0v) is 26.4. The molecule has 2 amide bonds. The molecule has 0 bridgehead atoms.